The third kappa shape index (κ3) is 4.66. The number of ether oxygens (including phenoxy) is 1. The fourth-order valence-corrected chi connectivity index (χ4v) is 2.48. The Morgan fingerprint density at radius 3 is 2.40 bits per heavy atom. The first-order valence-electron chi connectivity index (χ1n) is 7.11. The SMILES string of the molecule is COC(=O)CCCCCCN(C)C[C@@]1(CO)CC1(F)F. The summed E-state index contributed by atoms with van der Waals surface area (Å²) in [4.78, 5) is 12.7. The molecule has 0 aliphatic heterocycles. The molecule has 0 heterocycles. The van der Waals surface area contributed by atoms with Crippen LogP contribution in [0.3, 0.4) is 0 Å². The van der Waals surface area contributed by atoms with Gasteiger partial charge in [0.2, 0.25) is 0 Å². The second-order valence-electron chi connectivity index (χ2n) is 5.80. The van der Waals surface area contributed by atoms with Gasteiger partial charge in [0.05, 0.1) is 19.1 Å². The zero-order valence-corrected chi connectivity index (χ0v) is 12.3. The highest BCUT2D eigenvalue weighted by Gasteiger charge is 2.70. The molecule has 0 amide bonds. The molecule has 1 saturated carbocycles. The molecule has 1 atom stereocenters. The van der Waals surface area contributed by atoms with Gasteiger partial charge in [0, 0.05) is 19.4 Å². The maximum Gasteiger partial charge on any atom is 0.305 e. The van der Waals surface area contributed by atoms with E-state index < -0.39 is 17.9 Å². The normalized spacial score (nSPS) is 23.9. The van der Waals surface area contributed by atoms with E-state index in [1.165, 1.54) is 7.11 Å². The van der Waals surface area contributed by atoms with Crippen LogP contribution < -0.4 is 0 Å². The van der Waals surface area contributed by atoms with Crippen molar-refractivity contribution in [1.29, 1.82) is 0 Å². The highest BCUT2D eigenvalue weighted by Crippen LogP contribution is 2.60. The smallest absolute Gasteiger partial charge is 0.305 e. The number of hydrogen-bond donors (Lipinski definition) is 1. The van der Waals surface area contributed by atoms with Crippen LogP contribution in [-0.2, 0) is 9.53 Å². The van der Waals surface area contributed by atoms with Gasteiger partial charge in [0.15, 0.2) is 0 Å². The van der Waals surface area contributed by atoms with Gasteiger partial charge in [-0.2, -0.15) is 0 Å². The van der Waals surface area contributed by atoms with Crippen molar-refractivity contribution >= 4 is 5.97 Å². The standard InChI is InChI=1S/C14H25F2NO3/c1-17(10-13(11-18)9-14(13,15)16)8-6-4-3-5-7-12(19)20-2/h18H,3-11H2,1-2H3/t13-/m1/s1. The third-order valence-corrected chi connectivity index (χ3v) is 3.98. The fraction of sp³-hybridized carbons (Fsp3) is 0.929. The molecule has 0 bridgehead atoms. The summed E-state index contributed by atoms with van der Waals surface area (Å²) in [7, 11) is 3.18. The van der Waals surface area contributed by atoms with Crippen molar-refractivity contribution in [1.82, 2.24) is 4.90 Å². The Kier molecular flexibility index (Phi) is 6.33. The van der Waals surface area contributed by atoms with Crippen LogP contribution in [0.4, 0.5) is 8.78 Å². The molecule has 0 spiro atoms. The van der Waals surface area contributed by atoms with Crippen LogP contribution in [0.1, 0.15) is 38.5 Å². The van der Waals surface area contributed by atoms with Gasteiger partial charge in [0.1, 0.15) is 0 Å². The molecule has 1 aliphatic carbocycles. The molecular formula is C14H25F2NO3. The van der Waals surface area contributed by atoms with Gasteiger partial charge in [-0.1, -0.05) is 12.8 Å². The molecule has 6 heteroatoms. The van der Waals surface area contributed by atoms with Crippen LogP contribution in [0.15, 0.2) is 0 Å². The molecule has 0 aromatic heterocycles. The van der Waals surface area contributed by atoms with Crippen molar-refractivity contribution in [3.05, 3.63) is 0 Å². The molecule has 1 aliphatic rings. The van der Waals surface area contributed by atoms with Crippen molar-refractivity contribution in [2.45, 2.75) is 44.4 Å². The Morgan fingerprint density at radius 1 is 1.30 bits per heavy atom. The first kappa shape index (κ1) is 17.3. The summed E-state index contributed by atoms with van der Waals surface area (Å²) in [6.45, 7) is 0.512. The van der Waals surface area contributed by atoms with E-state index in [0.717, 1.165) is 32.2 Å². The van der Waals surface area contributed by atoms with Crippen LogP contribution in [0.5, 0.6) is 0 Å². The third-order valence-electron chi connectivity index (χ3n) is 3.98. The van der Waals surface area contributed by atoms with E-state index in [1.807, 2.05) is 4.90 Å². The van der Waals surface area contributed by atoms with Crippen LogP contribution in [0.2, 0.25) is 0 Å². The monoisotopic (exact) mass is 293 g/mol. The number of hydrogen-bond acceptors (Lipinski definition) is 4. The van der Waals surface area contributed by atoms with E-state index in [1.54, 1.807) is 7.05 Å². The molecule has 118 valence electrons. The molecule has 20 heavy (non-hydrogen) atoms. The fourth-order valence-electron chi connectivity index (χ4n) is 2.48. The zero-order chi connectivity index (χ0) is 15.2. The highest BCUT2D eigenvalue weighted by molar-refractivity contribution is 5.68. The molecule has 4 nitrogen and oxygen atoms in total. The number of carbonyl (C=O) groups is 1. The number of nitrogens with zero attached hydrogens (tertiary/aromatic N) is 1. The van der Waals surface area contributed by atoms with Gasteiger partial charge in [0.25, 0.3) is 5.92 Å². The molecule has 1 rings (SSSR count). The first-order chi connectivity index (χ1) is 9.37. The molecule has 1 N–H and O–H groups in total. The van der Waals surface area contributed by atoms with Gasteiger partial charge in [-0.3, -0.25) is 4.79 Å². The van der Waals surface area contributed by atoms with Gasteiger partial charge >= 0.3 is 5.97 Å². The molecule has 0 unspecified atom stereocenters. The number of aliphatic hydroxyl groups is 1. The van der Waals surface area contributed by atoms with Gasteiger partial charge in [-0.25, -0.2) is 8.78 Å². The Hall–Kier alpha value is -0.750. The summed E-state index contributed by atoms with van der Waals surface area (Å²) in [6, 6.07) is 0. The highest BCUT2D eigenvalue weighted by atomic mass is 19.3. The number of alkyl halides is 2. The number of methoxy groups -OCH3 is 1. The minimum Gasteiger partial charge on any atom is -0.469 e. The largest absolute Gasteiger partial charge is 0.469 e. The van der Waals surface area contributed by atoms with E-state index in [2.05, 4.69) is 4.74 Å². The Morgan fingerprint density at radius 2 is 1.90 bits per heavy atom. The minimum atomic E-state index is -2.71. The number of halogens is 2. The molecule has 0 saturated heterocycles. The predicted octanol–water partition coefficient (Wildman–Crippen LogP) is 2.06. The molecule has 0 aromatic carbocycles. The van der Waals surface area contributed by atoms with Crippen LogP contribution in [0.25, 0.3) is 0 Å². The number of esters is 1. The summed E-state index contributed by atoms with van der Waals surface area (Å²) in [5, 5.41) is 9.11. The first-order valence-corrected chi connectivity index (χ1v) is 7.11. The second-order valence-corrected chi connectivity index (χ2v) is 5.80. The number of carbonyl (C=O) groups excluding carboxylic acids is 1. The summed E-state index contributed by atoms with van der Waals surface area (Å²) >= 11 is 0. The molecule has 1 fully saturated rings. The van der Waals surface area contributed by atoms with Gasteiger partial charge < -0.3 is 14.7 Å². The molecule has 0 aromatic rings. The van der Waals surface area contributed by atoms with E-state index in [0.29, 0.717) is 6.42 Å². The summed E-state index contributed by atoms with van der Waals surface area (Å²) in [6.07, 6.45) is 3.83. The van der Waals surface area contributed by atoms with Crippen molar-refractivity contribution in [2.75, 3.05) is 33.9 Å². The van der Waals surface area contributed by atoms with Crippen molar-refractivity contribution in [3.63, 3.8) is 0 Å². The minimum absolute atomic E-state index is 0.192. The number of aliphatic hydroxyl groups excluding tert-OH is 1. The summed E-state index contributed by atoms with van der Waals surface area (Å²) in [5.41, 5.74) is -1.22. The average Bonchev–Trinajstić information content (AvgIpc) is 2.95. The molecular weight excluding hydrogens is 268 g/mol. The van der Waals surface area contributed by atoms with Crippen LogP contribution in [-0.4, -0.2) is 55.8 Å². The Labute approximate surface area is 119 Å². The molecule has 0 radical (unpaired) electrons. The zero-order valence-electron chi connectivity index (χ0n) is 12.3. The number of unbranched alkanes of at least 4 members (excludes halogenated alkanes) is 3. The van der Waals surface area contributed by atoms with E-state index >= 15 is 0 Å². The lowest BCUT2D eigenvalue weighted by atomic mass is 10.1. The van der Waals surface area contributed by atoms with Crippen molar-refractivity contribution in [2.24, 2.45) is 5.41 Å². The van der Waals surface area contributed by atoms with Crippen LogP contribution >= 0.6 is 0 Å². The lowest BCUT2D eigenvalue weighted by Gasteiger charge is -2.22. The lowest BCUT2D eigenvalue weighted by Crippen LogP contribution is -2.33. The maximum atomic E-state index is 13.2. The van der Waals surface area contributed by atoms with E-state index in [9.17, 15) is 13.6 Å². The average molecular weight is 293 g/mol. The lowest BCUT2D eigenvalue weighted by molar-refractivity contribution is -0.140. The predicted molar refractivity (Wildman–Crippen MR) is 71.7 cm³/mol. The Balaban J connectivity index is 2.07. The van der Waals surface area contributed by atoms with E-state index in [-0.39, 0.29) is 18.9 Å². The van der Waals surface area contributed by atoms with E-state index in [4.69, 9.17) is 5.11 Å². The summed E-state index contributed by atoms with van der Waals surface area (Å²) in [5.74, 6) is -2.90. The Bertz CT molecular complexity index is 326. The van der Waals surface area contributed by atoms with Crippen molar-refractivity contribution < 1.29 is 23.4 Å². The van der Waals surface area contributed by atoms with Gasteiger partial charge in [-0.15, -0.1) is 0 Å². The topological polar surface area (TPSA) is 49.8 Å². The quantitative estimate of drug-likeness (QED) is 0.495. The summed E-state index contributed by atoms with van der Waals surface area (Å²) < 4.78 is 30.9. The van der Waals surface area contributed by atoms with Crippen molar-refractivity contribution in [3.8, 4) is 0 Å². The maximum absolute atomic E-state index is 13.2. The van der Waals surface area contributed by atoms with Crippen LogP contribution in [0, 0.1) is 5.41 Å². The van der Waals surface area contributed by atoms with Gasteiger partial charge in [-0.05, 0) is 26.4 Å². The number of rotatable bonds is 10. The second kappa shape index (κ2) is 7.31.